The van der Waals surface area contributed by atoms with Gasteiger partial charge >= 0.3 is 154 Å². The van der Waals surface area contributed by atoms with Crippen molar-refractivity contribution in [3.63, 3.8) is 0 Å². The quantitative estimate of drug-likeness (QED) is 0.111. The van der Waals surface area contributed by atoms with Crippen molar-refractivity contribution in [2.45, 2.75) is 78.7 Å². The predicted octanol–water partition coefficient (Wildman–Crippen LogP) is -3.79. The molecule has 0 saturated heterocycles. The second kappa shape index (κ2) is 23.1. The van der Waals surface area contributed by atoms with Crippen molar-refractivity contribution in [3.05, 3.63) is 70.8 Å². The van der Waals surface area contributed by atoms with E-state index >= 15 is 0 Å². The van der Waals surface area contributed by atoms with Gasteiger partial charge in [0.1, 0.15) is 0 Å². The first-order chi connectivity index (χ1) is 16.2. The van der Waals surface area contributed by atoms with Crippen LogP contribution < -0.4 is 169 Å². The first-order valence-electron chi connectivity index (χ1n) is 12.2. The Morgan fingerprint density at radius 1 is 0.842 bits per heavy atom. The molecule has 1 atom stereocenters. The molecule has 0 spiro atoms. The van der Waals surface area contributed by atoms with E-state index in [-0.39, 0.29) is 167 Å². The predicted molar refractivity (Wildman–Crippen MR) is 141 cm³/mol. The van der Waals surface area contributed by atoms with Crippen LogP contribution in [-0.4, -0.2) is 29.0 Å². The van der Waals surface area contributed by atoms with Gasteiger partial charge in [0.2, 0.25) is 0 Å². The van der Waals surface area contributed by atoms with Crippen LogP contribution in [0.2, 0.25) is 0 Å². The third kappa shape index (κ3) is 18.5. The van der Waals surface area contributed by atoms with Crippen molar-refractivity contribution in [2.24, 2.45) is 0 Å². The minimum atomic E-state index is -5.30. The molecular formula is C27H42K3NO5P2. The van der Waals surface area contributed by atoms with Crippen LogP contribution in [0.15, 0.2) is 65.3 Å². The number of allylic oxidation sites excluding steroid dienone is 5. The molecule has 1 aromatic carbocycles. The number of nitrogens with zero attached hydrogens (tertiary/aromatic N) is 1. The molecule has 0 aliphatic heterocycles. The van der Waals surface area contributed by atoms with E-state index in [0.29, 0.717) is 13.1 Å². The normalized spacial score (nSPS) is 14.1. The molecule has 0 aliphatic rings. The van der Waals surface area contributed by atoms with E-state index in [0.717, 1.165) is 45.1 Å². The van der Waals surface area contributed by atoms with Crippen LogP contribution in [-0.2, 0) is 15.7 Å². The molecule has 1 aromatic rings. The molecule has 0 aliphatic carbocycles. The summed E-state index contributed by atoms with van der Waals surface area (Å²) >= 11 is 0. The van der Waals surface area contributed by atoms with E-state index in [1.807, 2.05) is 35.2 Å². The van der Waals surface area contributed by atoms with Gasteiger partial charge in [-0.2, -0.15) is 0 Å². The van der Waals surface area contributed by atoms with Crippen LogP contribution in [0.1, 0.15) is 72.8 Å². The van der Waals surface area contributed by atoms with Gasteiger partial charge in [0.05, 0.1) is 0 Å². The average molecular weight is 640 g/mol. The Balaban J connectivity index is -0.00000408. The first kappa shape index (κ1) is 46.1. The van der Waals surface area contributed by atoms with Crippen molar-refractivity contribution in [1.29, 1.82) is 0 Å². The molecule has 0 fully saturated rings. The van der Waals surface area contributed by atoms with E-state index in [1.165, 1.54) is 16.7 Å². The molecule has 1 rings (SSSR count). The molecule has 0 saturated carbocycles. The second-order valence-electron chi connectivity index (χ2n) is 10.1. The summed E-state index contributed by atoms with van der Waals surface area (Å²) in [5, 5.41) is 0. The van der Waals surface area contributed by atoms with E-state index in [2.05, 4.69) is 45.9 Å². The summed E-state index contributed by atoms with van der Waals surface area (Å²) in [4.78, 5) is 35.5. The Kier molecular flexibility index (Phi) is 27.9. The molecule has 11 heteroatoms. The van der Waals surface area contributed by atoms with Gasteiger partial charge < -0.3 is 23.8 Å². The van der Waals surface area contributed by atoms with E-state index in [4.69, 9.17) is 0 Å². The van der Waals surface area contributed by atoms with Crippen LogP contribution in [0.3, 0.4) is 0 Å². The van der Waals surface area contributed by atoms with Crippen molar-refractivity contribution in [3.8, 4) is 0 Å². The minimum Gasteiger partial charge on any atom is -0.810 e. The minimum absolute atomic E-state index is 0. The molecular weight excluding hydrogens is 598 g/mol. The number of benzene rings is 1. The summed E-state index contributed by atoms with van der Waals surface area (Å²) in [7, 11) is -9.78. The van der Waals surface area contributed by atoms with E-state index in [1.54, 1.807) is 0 Å². The maximum absolute atomic E-state index is 12.7. The largest absolute Gasteiger partial charge is 1.00 e. The van der Waals surface area contributed by atoms with Crippen LogP contribution in [0.25, 0.3) is 0 Å². The molecule has 1 unspecified atom stereocenters. The van der Waals surface area contributed by atoms with Gasteiger partial charge in [-0.1, -0.05) is 72.9 Å². The third-order valence-electron chi connectivity index (χ3n) is 6.28. The standard InChI is InChI=1S/C27H45NO5P2.3K/c1-23(2)12-10-13-24(3)14-11-15-25(4)18-19-28(22-26-16-8-7-9-17-26)20-21-34(29,30)27(5,6)35(31,32)33;;;/h7-9,12,14,16-18H,10-11,13,15,19-22H2,1-6H3,(H,29,30)(H2,31,32,33);;;/q;3*+1/p-3/b24-14+,25-18+;;;. The zero-order chi connectivity index (χ0) is 26.7. The Labute approximate surface area is 359 Å². The Morgan fingerprint density at radius 3 is 1.84 bits per heavy atom. The van der Waals surface area contributed by atoms with Gasteiger partial charge in [-0.3, -0.25) is 4.90 Å². The van der Waals surface area contributed by atoms with E-state index in [9.17, 15) is 23.8 Å². The van der Waals surface area contributed by atoms with Gasteiger partial charge in [-0.05, 0) is 72.8 Å². The molecule has 6 nitrogen and oxygen atoms in total. The second-order valence-corrected chi connectivity index (χ2v) is 15.4. The number of hydrogen-bond acceptors (Lipinski definition) is 6. The van der Waals surface area contributed by atoms with Gasteiger partial charge in [0, 0.05) is 38.1 Å². The molecule has 0 N–H and O–H groups in total. The fraction of sp³-hybridized carbons (Fsp3) is 0.556. The van der Waals surface area contributed by atoms with Gasteiger partial charge in [-0.15, -0.1) is 0 Å². The summed E-state index contributed by atoms with van der Waals surface area (Å²) in [5.74, 6) is 0. The Morgan fingerprint density at radius 2 is 1.34 bits per heavy atom. The van der Waals surface area contributed by atoms with Crippen LogP contribution in [0, 0.1) is 0 Å². The van der Waals surface area contributed by atoms with Gasteiger partial charge in [0.15, 0.2) is 0 Å². The van der Waals surface area contributed by atoms with Gasteiger partial charge in [0.25, 0.3) is 0 Å². The average Bonchev–Trinajstić information content (AvgIpc) is 2.75. The molecule has 0 heterocycles. The monoisotopic (exact) mass is 639 g/mol. The molecule has 198 valence electrons. The fourth-order valence-corrected chi connectivity index (χ4v) is 6.32. The number of hydrogen-bond donors (Lipinski definition) is 0. The molecule has 0 bridgehead atoms. The molecule has 0 radical (unpaired) electrons. The van der Waals surface area contributed by atoms with Crippen LogP contribution in [0.4, 0.5) is 0 Å². The summed E-state index contributed by atoms with van der Waals surface area (Å²) < 4.78 is 24.3. The first-order valence-corrected chi connectivity index (χ1v) is 15.5. The summed E-state index contributed by atoms with van der Waals surface area (Å²) in [6.45, 7) is 11.6. The topological polar surface area (TPSA) is 107 Å². The van der Waals surface area contributed by atoms with Gasteiger partial charge in [-0.25, -0.2) is 0 Å². The van der Waals surface area contributed by atoms with Crippen LogP contribution in [0.5, 0.6) is 0 Å². The van der Waals surface area contributed by atoms with Crippen molar-refractivity contribution >= 4 is 15.0 Å². The SMILES string of the molecule is CC(C)=CCC/C(C)=C/CC/C(C)=C/CN(CCP(=O)([O-])C(C)(C)P(=O)([O-])[O-])Cc1ccccc1.[K+].[K+].[K+]. The molecule has 0 amide bonds. The molecule has 38 heavy (non-hydrogen) atoms. The maximum atomic E-state index is 12.7. The zero-order valence-electron chi connectivity index (χ0n) is 25.2. The summed E-state index contributed by atoms with van der Waals surface area (Å²) in [6.07, 6.45) is 10.2. The van der Waals surface area contributed by atoms with Crippen molar-refractivity contribution in [2.75, 3.05) is 19.3 Å². The Bertz CT molecular complexity index is 988. The zero-order valence-corrected chi connectivity index (χ0v) is 36.3. The smallest absolute Gasteiger partial charge is 0.810 e. The number of rotatable bonds is 15. The third-order valence-corrected chi connectivity index (χ3v) is 11.7. The fourth-order valence-electron chi connectivity index (χ4n) is 3.43. The van der Waals surface area contributed by atoms with Crippen molar-refractivity contribution in [1.82, 2.24) is 4.90 Å². The summed E-state index contributed by atoms with van der Waals surface area (Å²) in [5.41, 5.74) is 4.96. The summed E-state index contributed by atoms with van der Waals surface area (Å²) in [6, 6.07) is 9.70. The van der Waals surface area contributed by atoms with Crippen LogP contribution >= 0.6 is 15.0 Å². The molecule has 0 aromatic heterocycles. The maximum Gasteiger partial charge on any atom is 1.00 e. The van der Waals surface area contributed by atoms with E-state index < -0.39 is 19.9 Å². The van der Waals surface area contributed by atoms with Crippen molar-refractivity contribution < 1.29 is 178 Å². The Hall–Kier alpha value is 3.65.